The molecule has 0 amide bonds. The van der Waals surface area contributed by atoms with Crippen LogP contribution in [0.15, 0.2) is 158 Å². The highest BCUT2D eigenvalue weighted by molar-refractivity contribution is 6.04. The third-order valence-electron chi connectivity index (χ3n) is 9.48. The molecule has 0 bridgehead atoms. The van der Waals surface area contributed by atoms with Crippen molar-refractivity contribution < 1.29 is 4.39 Å². The van der Waals surface area contributed by atoms with Crippen LogP contribution < -0.4 is 0 Å². The van der Waals surface area contributed by atoms with Gasteiger partial charge in [-0.25, -0.2) is 29.3 Å². The Labute approximate surface area is 302 Å². The van der Waals surface area contributed by atoms with Gasteiger partial charge in [-0.1, -0.05) is 97.1 Å². The lowest BCUT2D eigenvalue weighted by molar-refractivity contribution is 0.628. The van der Waals surface area contributed by atoms with Crippen LogP contribution in [0.2, 0.25) is 0 Å². The molecule has 0 spiro atoms. The molecule has 0 N–H and O–H groups in total. The average Bonchev–Trinajstić information content (AvgIpc) is 3.23. The molecule has 10 rings (SSSR count). The van der Waals surface area contributed by atoms with Crippen LogP contribution in [0.1, 0.15) is 0 Å². The van der Waals surface area contributed by atoms with Gasteiger partial charge in [0.15, 0.2) is 17.5 Å². The molecule has 0 saturated heterocycles. The number of benzene rings is 5. The fourth-order valence-electron chi connectivity index (χ4n) is 6.71. The van der Waals surface area contributed by atoms with Crippen molar-refractivity contribution in [3.63, 3.8) is 0 Å². The molecular formula is C45H26FN7. The van der Waals surface area contributed by atoms with E-state index in [1.54, 1.807) is 24.5 Å². The van der Waals surface area contributed by atoms with Crippen molar-refractivity contribution in [2.45, 2.75) is 0 Å². The molecule has 0 saturated carbocycles. The predicted octanol–water partition coefficient (Wildman–Crippen LogP) is 10.5. The quantitative estimate of drug-likeness (QED) is 0.167. The van der Waals surface area contributed by atoms with E-state index in [2.05, 4.69) is 46.4 Å². The van der Waals surface area contributed by atoms with E-state index < -0.39 is 0 Å². The highest BCUT2D eigenvalue weighted by Gasteiger charge is 2.14. The number of rotatable bonds is 5. The fraction of sp³-hybridized carbons (Fsp3) is 0. The van der Waals surface area contributed by atoms with Crippen molar-refractivity contribution >= 4 is 43.6 Å². The standard InChI is InChI=1S/C45H26FN7/c46-36-21-17-35(18-22-36)45-52-43(33-13-5-27(6-14-33)37-23-19-31-11-9-29-3-1-25-47-39(29)41(31)49-37)51-44(53-45)34-15-7-28(8-16-34)38-24-20-32-12-10-30-4-2-26-48-40(30)42(32)50-38/h1-26H. The Morgan fingerprint density at radius 3 is 1.06 bits per heavy atom. The van der Waals surface area contributed by atoms with Crippen LogP contribution >= 0.6 is 0 Å². The topological polar surface area (TPSA) is 90.2 Å². The lowest BCUT2D eigenvalue weighted by Crippen LogP contribution is -2.00. The SMILES string of the molecule is Fc1ccc(-c2nc(-c3ccc(-c4ccc5ccc6cccnc6c5n4)cc3)nc(-c3ccc(-c4ccc5ccc6cccnc6c5n4)cc3)n2)cc1. The molecule has 5 heterocycles. The Morgan fingerprint density at radius 2 is 0.642 bits per heavy atom. The van der Waals surface area contributed by atoms with Crippen LogP contribution in [-0.4, -0.2) is 34.9 Å². The van der Waals surface area contributed by atoms with E-state index in [9.17, 15) is 4.39 Å². The number of hydrogen-bond acceptors (Lipinski definition) is 7. The number of fused-ring (bicyclic) bond motifs is 6. The van der Waals surface area contributed by atoms with Crippen LogP contribution in [0.4, 0.5) is 4.39 Å². The van der Waals surface area contributed by atoms with Crippen LogP contribution in [0.5, 0.6) is 0 Å². The minimum atomic E-state index is -0.327. The van der Waals surface area contributed by atoms with Gasteiger partial charge in [-0.15, -0.1) is 0 Å². The molecule has 0 aliphatic rings. The minimum absolute atomic E-state index is 0.327. The van der Waals surface area contributed by atoms with E-state index in [4.69, 9.17) is 24.9 Å². The number of halogens is 1. The van der Waals surface area contributed by atoms with Gasteiger partial charge in [-0.05, 0) is 48.5 Å². The van der Waals surface area contributed by atoms with Crippen molar-refractivity contribution in [2.75, 3.05) is 0 Å². The highest BCUT2D eigenvalue weighted by Crippen LogP contribution is 2.31. The molecule has 7 nitrogen and oxygen atoms in total. The second-order valence-electron chi connectivity index (χ2n) is 12.8. The maximum atomic E-state index is 13.9. The fourth-order valence-corrected chi connectivity index (χ4v) is 6.71. The normalized spacial score (nSPS) is 11.5. The molecule has 0 radical (unpaired) electrons. The zero-order valence-corrected chi connectivity index (χ0v) is 28.0. The summed E-state index contributed by atoms with van der Waals surface area (Å²) in [6.07, 6.45) is 3.59. The van der Waals surface area contributed by atoms with Gasteiger partial charge in [0.05, 0.1) is 33.5 Å². The van der Waals surface area contributed by atoms with Crippen LogP contribution in [-0.2, 0) is 0 Å². The number of hydrogen-bond donors (Lipinski definition) is 0. The van der Waals surface area contributed by atoms with Gasteiger partial charge in [0.2, 0.25) is 0 Å². The average molecular weight is 684 g/mol. The summed E-state index contributed by atoms with van der Waals surface area (Å²) >= 11 is 0. The zero-order chi connectivity index (χ0) is 35.3. The van der Waals surface area contributed by atoms with Crippen molar-refractivity contribution in [1.82, 2.24) is 34.9 Å². The van der Waals surface area contributed by atoms with Crippen LogP contribution in [0.3, 0.4) is 0 Å². The maximum Gasteiger partial charge on any atom is 0.164 e. The molecule has 0 unspecified atom stereocenters. The summed E-state index contributed by atoms with van der Waals surface area (Å²) in [6.45, 7) is 0. The minimum Gasteiger partial charge on any atom is -0.254 e. The van der Waals surface area contributed by atoms with Gasteiger partial charge in [-0.3, -0.25) is 9.97 Å². The maximum absolute atomic E-state index is 13.9. The molecule has 0 atom stereocenters. The first-order valence-electron chi connectivity index (χ1n) is 17.2. The number of nitrogens with zero attached hydrogens (tertiary/aromatic N) is 7. The molecule has 10 aromatic rings. The molecule has 0 aliphatic carbocycles. The molecular weight excluding hydrogens is 658 g/mol. The monoisotopic (exact) mass is 683 g/mol. The summed E-state index contributed by atoms with van der Waals surface area (Å²) in [4.78, 5) is 33.8. The first kappa shape index (κ1) is 30.5. The Hall–Kier alpha value is -7.32. The Bertz CT molecular complexity index is 2820. The molecule has 248 valence electrons. The third kappa shape index (κ3) is 5.59. The van der Waals surface area contributed by atoms with E-state index in [1.165, 1.54) is 12.1 Å². The Morgan fingerprint density at radius 1 is 0.302 bits per heavy atom. The largest absolute Gasteiger partial charge is 0.254 e. The number of pyridine rings is 4. The summed E-state index contributed by atoms with van der Waals surface area (Å²) in [5, 5.41) is 4.17. The van der Waals surface area contributed by atoms with Gasteiger partial charge in [0.1, 0.15) is 5.82 Å². The van der Waals surface area contributed by atoms with E-state index in [0.717, 1.165) is 77.3 Å². The highest BCUT2D eigenvalue weighted by atomic mass is 19.1. The summed E-state index contributed by atoms with van der Waals surface area (Å²) < 4.78 is 13.9. The van der Waals surface area contributed by atoms with Gasteiger partial charge in [0.25, 0.3) is 0 Å². The zero-order valence-electron chi connectivity index (χ0n) is 28.0. The van der Waals surface area contributed by atoms with Crippen LogP contribution in [0, 0.1) is 5.82 Å². The van der Waals surface area contributed by atoms with E-state index in [1.807, 2.05) is 84.9 Å². The van der Waals surface area contributed by atoms with Gasteiger partial charge < -0.3 is 0 Å². The predicted molar refractivity (Wildman–Crippen MR) is 208 cm³/mol. The lowest BCUT2D eigenvalue weighted by Gasteiger charge is -2.10. The summed E-state index contributed by atoms with van der Waals surface area (Å²) in [6, 6.07) is 46.7. The molecule has 5 aromatic carbocycles. The van der Waals surface area contributed by atoms with Crippen molar-refractivity contribution in [3.05, 3.63) is 164 Å². The van der Waals surface area contributed by atoms with E-state index in [0.29, 0.717) is 23.0 Å². The van der Waals surface area contributed by atoms with Crippen LogP contribution in [0.25, 0.3) is 100 Å². The van der Waals surface area contributed by atoms with E-state index in [-0.39, 0.29) is 5.82 Å². The summed E-state index contributed by atoms with van der Waals surface area (Å²) in [5.41, 5.74) is 9.39. The lowest BCUT2D eigenvalue weighted by atomic mass is 10.0. The van der Waals surface area contributed by atoms with Crippen molar-refractivity contribution in [1.29, 1.82) is 0 Å². The van der Waals surface area contributed by atoms with Crippen molar-refractivity contribution in [3.8, 4) is 56.7 Å². The molecule has 0 fully saturated rings. The van der Waals surface area contributed by atoms with E-state index >= 15 is 0 Å². The second-order valence-corrected chi connectivity index (χ2v) is 12.8. The van der Waals surface area contributed by atoms with Crippen molar-refractivity contribution in [2.24, 2.45) is 0 Å². The summed E-state index contributed by atoms with van der Waals surface area (Å²) in [5.74, 6) is 1.13. The van der Waals surface area contributed by atoms with Gasteiger partial charge in [-0.2, -0.15) is 0 Å². The smallest absolute Gasteiger partial charge is 0.164 e. The first-order chi connectivity index (χ1) is 26.1. The first-order valence-corrected chi connectivity index (χ1v) is 17.2. The Balaban J connectivity index is 1.02. The summed E-state index contributed by atoms with van der Waals surface area (Å²) in [7, 11) is 0. The molecule has 0 aliphatic heterocycles. The number of aromatic nitrogens is 7. The van der Waals surface area contributed by atoms with Gasteiger partial charge in [0, 0.05) is 61.8 Å². The third-order valence-corrected chi connectivity index (χ3v) is 9.48. The molecule has 53 heavy (non-hydrogen) atoms. The van der Waals surface area contributed by atoms with Gasteiger partial charge >= 0.3 is 0 Å². The second kappa shape index (κ2) is 12.5. The Kier molecular flexibility index (Phi) is 7.18. The molecule has 8 heteroatoms. The molecule has 5 aromatic heterocycles.